The second-order valence-electron chi connectivity index (χ2n) is 15.3. The van der Waals surface area contributed by atoms with E-state index >= 15 is 0 Å². The summed E-state index contributed by atoms with van der Waals surface area (Å²) in [6.45, 7) is 8.09. The first-order valence-electron chi connectivity index (χ1n) is 17.6. The average molecular weight is 670 g/mol. The average Bonchev–Trinajstić information content (AvgIpc) is 3.56. The summed E-state index contributed by atoms with van der Waals surface area (Å²) in [5.41, 5.74) is 5.96. The highest BCUT2D eigenvalue weighted by Gasteiger charge is 2.58. The fourth-order valence-electron chi connectivity index (χ4n) is 10.6. The lowest BCUT2D eigenvalue weighted by molar-refractivity contribution is -0.562. The van der Waals surface area contributed by atoms with Gasteiger partial charge in [0.25, 0.3) is 0 Å². The summed E-state index contributed by atoms with van der Waals surface area (Å²) in [7, 11) is 4.11. The second-order valence-corrected chi connectivity index (χ2v) is 16.1. The minimum absolute atomic E-state index is 0.0445. The first-order chi connectivity index (χ1) is 21.1. The molecule has 6 atom stereocenters. The molecular formula is C37H55BrN3O3+. The number of hydrogen-bond acceptors (Lipinski definition) is 4. The number of fused-ring (bicyclic) bond motifs is 3. The van der Waals surface area contributed by atoms with Gasteiger partial charge in [-0.05, 0) is 88.4 Å². The molecule has 3 saturated carbocycles. The molecule has 2 aliphatic heterocycles. The molecular weight excluding hydrogens is 614 g/mol. The molecule has 0 aromatic carbocycles. The molecule has 2 heterocycles. The third-order valence-corrected chi connectivity index (χ3v) is 13.9. The van der Waals surface area contributed by atoms with Crippen molar-refractivity contribution >= 4 is 21.6 Å². The van der Waals surface area contributed by atoms with E-state index in [9.17, 15) is 10.1 Å². The van der Waals surface area contributed by atoms with Crippen LogP contribution in [0.4, 0.5) is 0 Å². The van der Waals surface area contributed by atoms with Crippen LogP contribution in [0, 0.1) is 32.8 Å². The Bertz CT molecular complexity index is 1290. The van der Waals surface area contributed by atoms with Gasteiger partial charge in [0.05, 0.1) is 11.5 Å². The standard InChI is InChI=1S/C37H55BrN3O3/c1-6-22-40-32-17-15-28(44-5)24-30(32)37(20-8-7-9-21-37)34(40)19-13-26-11-10-25(35(26)38)12-18-33-36(2,3)29-23-27(41(42)43)14-16-31(29)39(33)4/h12-13,18-19,27-32H,6-11,14-17,20-24H2,1-5H3/q+1. The Hall–Kier alpha value is -1.73. The lowest BCUT2D eigenvalue weighted by atomic mass is 9.61. The monoisotopic (exact) mass is 668 g/mol. The number of methoxy groups -OCH3 is 1. The molecule has 0 aromatic heterocycles. The molecule has 6 nitrogen and oxygen atoms in total. The maximum atomic E-state index is 11.6. The Morgan fingerprint density at radius 3 is 2.52 bits per heavy atom. The molecule has 4 fully saturated rings. The van der Waals surface area contributed by atoms with Crippen LogP contribution in [-0.4, -0.2) is 65.0 Å². The van der Waals surface area contributed by atoms with Gasteiger partial charge in [-0.25, -0.2) is 4.58 Å². The molecule has 6 rings (SSSR count). The van der Waals surface area contributed by atoms with Gasteiger partial charge < -0.3 is 9.64 Å². The van der Waals surface area contributed by atoms with Crippen LogP contribution in [0.5, 0.6) is 0 Å². The molecule has 6 unspecified atom stereocenters. The molecule has 6 aliphatic rings. The lowest BCUT2D eigenvalue weighted by Crippen LogP contribution is -2.41. The molecule has 1 saturated heterocycles. The molecule has 242 valence electrons. The Morgan fingerprint density at radius 2 is 1.82 bits per heavy atom. The predicted octanol–water partition coefficient (Wildman–Crippen LogP) is 8.59. The van der Waals surface area contributed by atoms with E-state index in [4.69, 9.17) is 4.74 Å². The van der Waals surface area contributed by atoms with E-state index in [1.54, 1.807) is 5.70 Å². The minimum Gasteiger partial charge on any atom is -0.381 e. The van der Waals surface area contributed by atoms with Crippen LogP contribution < -0.4 is 0 Å². The summed E-state index contributed by atoms with van der Waals surface area (Å²) < 4.78 is 9.64. The van der Waals surface area contributed by atoms with Crippen molar-refractivity contribution in [3.63, 3.8) is 0 Å². The third kappa shape index (κ3) is 5.50. The zero-order valence-electron chi connectivity index (χ0n) is 27.8. The maximum absolute atomic E-state index is 11.6. The Labute approximate surface area is 274 Å². The minimum atomic E-state index is -0.396. The van der Waals surface area contributed by atoms with Crippen molar-refractivity contribution in [3.05, 3.63) is 55.7 Å². The van der Waals surface area contributed by atoms with E-state index in [1.165, 1.54) is 79.1 Å². The van der Waals surface area contributed by atoms with Gasteiger partial charge in [0.1, 0.15) is 7.05 Å². The normalized spacial score (nSPS) is 36.7. The molecule has 44 heavy (non-hydrogen) atoms. The number of rotatable bonds is 7. The maximum Gasteiger partial charge on any atom is 0.214 e. The molecule has 0 aromatic rings. The van der Waals surface area contributed by atoms with Crippen molar-refractivity contribution in [2.24, 2.45) is 22.7 Å². The van der Waals surface area contributed by atoms with Crippen molar-refractivity contribution in [3.8, 4) is 0 Å². The largest absolute Gasteiger partial charge is 0.381 e. The number of nitrogens with zero attached hydrogens (tertiary/aromatic N) is 3. The molecule has 0 radical (unpaired) electrons. The van der Waals surface area contributed by atoms with Gasteiger partial charge in [-0.3, -0.25) is 10.1 Å². The summed E-state index contributed by atoms with van der Waals surface area (Å²) in [5, 5.41) is 11.6. The number of halogens is 1. The Kier molecular flexibility index (Phi) is 9.38. The smallest absolute Gasteiger partial charge is 0.214 e. The molecule has 4 aliphatic carbocycles. The first kappa shape index (κ1) is 32.2. The van der Waals surface area contributed by atoms with Crippen LogP contribution in [0.3, 0.4) is 0 Å². The van der Waals surface area contributed by atoms with E-state index in [0.29, 0.717) is 48.3 Å². The van der Waals surface area contributed by atoms with Crippen molar-refractivity contribution in [1.82, 2.24) is 4.90 Å². The van der Waals surface area contributed by atoms with Gasteiger partial charge in [-0.2, -0.15) is 0 Å². The number of nitro groups is 1. The van der Waals surface area contributed by atoms with Gasteiger partial charge in [0, 0.05) is 71.5 Å². The molecule has 1 spiro atoms. The van der Waals surface area contributed by atoms with E-state index in [1.807, 2.05) is 7.11 Å². The SMILES string of the molecule is CCCN1/C(=C/C=C2\CCC(/C=C/C3=[N+](C)C4CCC([N+](=O)[O-])CC4C3(C)C)=C2Br)C2(CCCCC2)C2CC(OC)CCC21. The van der Waals surface area contributed by atoms with Crippen molar-refractivity contribution < 1.29 is 14.2 Å². The highest BCUT2D eigenvalue weighted by atomic mass is 79.9. The molecule has 0 bridgehead atoms. The summed E-state index contributed by atoms with van der Waals surface area (Å²) in [6, 6.07) is 0.668. The van der Waals surface area contributed by atoms with Crippen LogP contribution in [0.15, 0.2) is 45.6 Å². The first-order valence-corrected chi connectivity index (χ1v) is 18.4. The zero-order chi connectivity index (χ0) is 31.2. The molecule has 7 heteroatoms. The molecule has 0 amide bonds. The Balaban J connectivity index is 1.27. The highest BCUT2D eigenvalue weighted by molar-refractivity contribution is 9.12. The predicted molar refractivity (Wildman–Crippen MR) is 182 cm³/mol. The van der Waals surface area contributed by atoms with Gasteiger partial charge in [-0.1, -0.05) is 54.3 Å². The fraction of sp³-hybridized carbons (Fsp3) is 0.757. The quantitative estimate of drug-likeness (QED) is 0.155. The van der Waals surface area contributed by atoms with Crippen LogP contribution in [-0.2, 0) is 4.74 Å². The van der Waals surface area contributed by atoms with E-state index < -0.39 is 6.04 Å². The number of likely N-dealkylation sites (tertiary alicyclic amines) is 1. The van der Waals surface area contributed by atoms with E-state index in [0.717, 1.165) is 25.8 Å². The van der Waals surface area contributed by atoms with E-state index in [-0.39, 0.29) is 10.3 Å². The van der Waals surface area contributed by atoms with Crippen molar-refractivity contribution in [2.75, 3.05) is 20.7 Å². The number of allylic oxidation sites excluding steroid dienone is 8. The fourth-order valence-corrected chi connectivity index (χ4v) is 11.3. The highest BCUT2D eigenvalue weighted by Crippen LogP contribution is 2.60. The second kappa shape index (κ2) is 12.8. The van der Waals surface area contributed by atoms with Crippen LogP contribution in [0.2, 0.25) is 0 Å². The van der Waals surface area contributed by atoms with Crippen LogP contribution in [0.25, 0.3) is 0 Å². The Morgan fingerprint density at radius 1 is 1.05 bits per heavy atom. The number of hydrogen-bond donors (Lipinski definition) is 0. The van der Waals surface area contributed by atoms with Crippen molar-refractivity contribution in [1.29, 1.82) is 0 Å². The van der Waals surface area contributed by atoms with Gasteiger partial charge in [0.2, 0.25) is 6.04 Å². The van der Waals surface area contributed by atoms with Gasteiger partial charge in [-0.15, -0.1) is 0 Å². The summed E-state index contributed by atoms with van der Waals surface area (Å²) in [6.07, 6.45) is 26.1. The van der Waals surface area contributed by atoms with Crippen molar-refractivity contribution in [2.45, 2.75) is 135 Å². The number of ether oxygens (including phenoxy) is 1. The van der Waals surface area contributed by atoms with Gasteiger partial charge in [0.15, 0.2) is 11.8 Å². The molecule has 0 N–H and O–H groups in total. The third-order valence-electron chi connectivity index (χ3n) is 12.9. The summed E-state index contributed by atoms with van der Waals surface area (Å²) in [4.78, 5) is 14.4. The zero-order valence-corrected chi connectivity index (χ0v) is 29.4. The van der Waals surface area contributed by atoms with Gasteiger partial charge >= 0.3 is 0 Å². The topological polar surface area (TPSA) is 58.6 Å². The van der Waals surface area contributed by atoms with Crippen LogP contribution in [0.1, 0.15) is 111 Å². The lowest BCUT2D eigenvalue weighted by Gasteiger charge is -2.43. The summed E-state index contributed by atoms with van der Waals surface area (Å²) >= 11 is 4.03. The summed E-state index contributed by atoms with van der Waals surface area (Å²) in [5.74, 6) is 1.04. The van der Waals surface area contributed by atoms with E-state index in [2.05, 4.69) is 77.5 Å². The van der Waals surface area contributed by atoms with Crippen LogP contribution >= 0.6 is 15.9 Å².